The van der Waals surface area contributed by atoms with E-state index in [2.05, 4.69) is 10.6 Å². The zero-order valence-electron chi connectivity index (χ0n) is 10.9. The van der Waals surface area contributed by atoms with Gasteiger partial charge in [-0.1, -0.05) is 13.0 Å². The first kappa shape index (κ1) is 12.9. The number of fused-ring (bicyclic) bond motifs is 1. The van der Waals surface area contributed by atoms with E-state index < -0.39 is 5.54 Å². The lowest BCUT2D eigenvalue weighted by atomic mass is 9.99. The lowest BCUT2D eigenvalue weighted by Crippen LogP contribution is -2.48. The van der Waals surface area contributed by atoms with Crippen LogP contribution in [0.5, 0.6) is 0 Å². The second-order valence-corrected chi connectivity index (χ2v) is 5.08. The van der Waals surface area contributed by atoms with Crippen LogP contribution in [0.3, 0.4) is 0 Å². The van der Waals surface area contributed by atoms with Crippen molar-refractivity contribution in [3.8, 4) is 0 Å². The monoisotopic (exact) mass is 248 g/mol. The summed E-state index contributed by atoms with van der Waals surface area (Å²) in [4.78, 5) is 12.1. The van der Waals surface area contributed by atoms with E-state index in [1.165, 1.54) is 5.56 Å². The molecular formula is C14H20N2O2. The van der Waals surface area contributed by atoms with Gasteiger partial charge in [0.15, 0.2) is 0 Å². The molecular weight excluding hydrogens is 228 g/mol. The molecule has 3 N–H and O–H groups in total. The molecule has 1 aromatic carbocycles. The van der Waals surface area contributed by atoms with Crippen molar-refractivity contribution >= 4 is 11.6 Å². The van der Waals surface area contributed by atoms with Crippen LogP contribution >= 0.6 is 0 Å². The molecule has 1 heterocycles. The van der Waals surface area contributed by atoms with Gasteiger partial charge in [0, 0.05) is 17.8 Å². The molecule has 4 nitrogen and oxygen atoms in total. The van der Waals surface area contributed by atoms with Crippen LogP contribution in [-0.2, 0) is 6.42 Å². The van der Waals surface area contributed by atoms with Gasteiger partial charge >= 0.3 is 0 Å². The minimum atomic E-state index is -0.552. The molecule has 0 aliphatic carbocycles. The number of aliphatic hydroxyl groups is 1. The fraction of sp³-hybridized carbons (Fsp3) is 0.500. The molecule has 0 saturated heterocycles. The van der Waals surface area contributed by atoms with Gasteiger partial charge in [0.1, 0.15) is 0 Å². The fourth-order valence-electron chi connectivity index (χ4n) is 2.02. The van der Waals surface area contributed by atoms with E-state index in [-0.39, 0.29) is 12.5 Å². The Morgan fingerprint density at radius 2 is 2.33 bits per heavy atom. The number of amides is 1. The molecule has 0 bridgehead atoms. The molecule has 2 rings (SSSR count). The fourth-order valence-corrected chi connectivity index (χ4v) is 2.02. The molecule has 1 aromatic rings. The van der Waals surface area contributed by atoms with E-state index in [4.69, 9.17) is 0 Å². The SMILES string of the molecule is CCC(C)(CO)NC(=O)c1ccc2c(c1)NCC2. The third-order valence-corrected chi connectivity index (χ3v) is 3.63. The first-order valence-electron chi connectivity index (χ1n) is 6.38. The highest BCUT2D eigenvalue weighted by molar-refractivity contribution is 5.96. The number of rotatable bonds is 4. The molecule has 1 amide bonds. The maximum Gasteiger partial charge on any atom is 0.251 e. The summed E-state index contributed by atoms with van der Waals surface area (Å²) in [5, 5.41) is 15.4. The van der Waals surface area contributed by atoms with Gasteiger partial charge in [-0.05, 0) is 37.5 Å². The first-order chi connectivity index (χ1) is 8.58. The van der Waals surface area contributed by atoms with Crippen LogP contribution < -0.4 is 10.6 Å². The topological polar surface area (TPSA) is 61.4 Å². The highest BCUT2D eigenvalue weighted by Gasteiger charge is 2.24. The van der Waals surface area contributed by atoms with Crippen LogP contribution in [0, 0.1) is 0 Å². The summed E-state index contributed by atoms with van der Waals surface area (Å²) >= 11 is 0. The highest BCUT2D eigenvalue weighted by Crippen LogP contribution is 2.23. The lowest BCUT2D eigenvalue weighted by molar-refractivity contribution is 0.0847. The van der Waals surface area contributed by atoms with Crippen molar-refractivity contribution in [2.24, 2.45) is 0 Å². The molecule has 1 aliphatic heterocycles. The summed E-state index contributed by atoms with van der Waals surface area (Å²) in [6.07, 6.45) is 1.71. The Kier molecular flexibility index (Phi) is 3.57. The smallest absolute Gasteiger partial charge is 0.251 e. The van der Waals surface area contributed by atoms with Crippen LogP contribution in [0.1, 0.15) is 36.2 Å². The summed E-state index contributed by atoms with van der Waals surface area (Å²) in [5.41, 5.74) is 2.39. The second kappa shape index (κ2) is 4.98. The molecule has 1 unspecified atom stereocenters. The number of hydrogen-bond donors (Lipinski definition) is 3. The van der Waals surface area contributed by atoms with Crippen LogP contribution in [0.15, 0.2) is 18.2 Å². The standard InChI is InChI=1S/C14H20N2O2/c1-3-14(2,9-17)16-13(18)11-5-4-10-6-7-15-12(10)8-11/h4-5,8,15,17H,3,6-7,9H2,1-2H3,(H,16,18). The Balaban J connectivity index is 2.14. The van der Waals surface area contributed by atoms with Crippen molar-refractivity contribution in [1.29, 1.82) is 0 Å². The van der Waals surface area contributed by atoms with Gasteiger partial charge in [-0.3, -0.25) is 4.79 Å². The molecule has 0 saturated carbocycles. The number of anilines is 1. The van der Waals surface area contributed by atoms with Crippen molar-refractivity contribution in [1.82, 2.24) is 5.32 Å². The van der Waals surface area contributed by atoms with Gasteiger partial charge in [-0.25, -0.2) is 0 Å². The van der Waals surface area contributed by atoms with Crippen molar-refractivity contribution in [2.45, 2.75) is 32.2 Å². The van der Waals surface area contributed by atoms with Crippen molar-refractivity contribution in [2.75, 3.05) is 18.5 Å². The molecule has 98 valence electrons. The quantitative estimate of drug-likeness (QED) is 0.757. The van der Waals surface area contributed by atoms with Crippen molar-refractivity contribution in [3.05, 3.63) is 29.3 Å². The van der Waals surface area contributed by atoms with Crippen LogP contribution in [0.4, 0.5) is 5.69 Å². The van der Waals surface area contributed by atoms with E-state index in [9.17, 15) is 9.90 Å². The van der Waals surface area contributed by atoms with Crippen molar-refractivity contribution in [3.63, 3.8) is 0 Å². The Hall–Kier alpha value is -1.55. The number of hydrogen-bond acceptors (Lipinski definition) is 3. The van der Waals surface area contributed by atoms with Crippen LogP contribution in [-0.4, -0.2) is 29.7 Å². The van der Waals surface area contributed by atoms with Gasteiger partial charge in [0.05, 0.1) is 12.1 Å². The normalized spacial score (nSPS) is 16.6. The minimum Gasteiger partial charge on any atom is -0.394 e. The number of benzene rings is 1. The van der Waals surface area contributed by atoms with Crippen LogP contribution in [0.25, 0.3) is 0 Å². The number of carbonyl (C=O) groups excluding carboxylic acids is 1. The number of nitrogens with one attached hydrogen (secondary N) is 2. The van der Waals surface area contributed by atoms with Gasteiger partial charge in [-0.2, -0.15) is 0 Å². The molecule has 0 spiro atoms. The Morgan fingerprint density at radius 1 is 1.56 bits per heavy atom. The molecule has 4 heteroatoms. The summed E-state index contributed by atoms with van der Waals surface area (Å²) in [6.45, 7) is 4.67. The van der Waals surface area contributed by atoms with E-state index >= 15 is 0 Å². The summed E-state index contributed by atoms with van der Waals surface area (Å²) in [6, 6.07) is 5.71. The Labute approximate surface area is 107 Å². The highest BCUT2D eigenvalue weighted by atomic mass is 16.3. The first-order valence-corrected chi connectivity index (χ1v) is 6.38. The second-order valence-electron chi connectivity index (χ2n) is 5.08. The summed E-state index contributed by atoms with van der Waals surface area (Å²) in [7, 11) is 0. The third kappa shape index (κ3) is 2.48. The Bertz CT molecular complexity index is 453. The third-order valence-electron chi connectivity index (χ3n) is 3.63. The van der Waals surface area contributed by atoms with E-state index in [1.807, 2.05) is 32.0 Å². The molecule has 0 aromatic heterocycles. The lowest BCUT2D eigenvalue weighted by Gasteiger charge is -2.27. The molecule has 1 aliphatic rings. The minimum absolute atomic E-state index is 0.0571. The van der Waals surface area contributed by atoms with E-state index in [1.54, 1.807) is 0 Å². The maximum absolute atomic E-state index is 12.1. The zero-order chi connectivity index (χ0) is 13.2. The molecule has 0 fully saturated rings. The maximum atomic E-state index is 12.1. The molecule has 0 radical (unpaired) electrons. The zero-order valence-corrected chi connectivity index (χ0v) is 10.9. The van der Waals surface area contributed by atoms with Crippen molar-refractivity contribution < 1.29 is 9.90 Å². The average molecular weight is 248 g/mol. The predicted octanol–water partition coefficient (Wildman–Crippen LogP) is 1.55. The van der Waals surface area contributed by atoms with Gasteiger partial charge < -0.3 is 15.7 Å². The predicted molar refractivity (Wildman–Crippen MR) is 71.9 cm³/mol. The van der Waals surface area contributed by atoms with Gasteiger partial charge in [0.25, 0.3) is 5.91 Å². The van der Waals surface area contributed by atoms with Gasteiger partial charge in [0.2, 0.25) is 0 Å². The summed E-state index contributed by atoms with van der Waals surface area (Å²) in [5.74, 6) is -0.134. The average Bonchev–Trinajstić information content (AvgIpc) is 2.85. The van der Waals surface area contributed by atoms with Gasteiger partial charge in [-0.15, -0.1) is 0 Å². The van der Waals surface area contributed by atoms with Crippen LogP contribution in [0.2, 0.25) is 0 Å². The number of aliphatic hydroxyl groups excluding tert-OH is 1. The molecule has 18 heavy (non-hydrogen) atoms. The summed E-state index contributed by atoms with van der Waals surface area (Å²) < 4.78 is 0. The molecule has 1 atom stereocenters. The van der Waals surface area contributed by atoms with E-state index in [0.29, 0.717) is 12.0 Å². The largest absolute Gasteiger partial charge is 0.394 e. The Morgan fingerprint density at radius 3 is 3.00 bits per heavy atom. The number of carbonyl (C=O) groups is 1. The van der Waals surface area contributed by atoms with E-state index in [0.717, 1.165) is 18.7 Å².